The van der Waals surface area contributed by atoms with Gasteiger partial charge in [0.25, 0.3) is 5.91 Å². The fourth-order valence-electron chi connectivity index (χ4n) is 2.24. The number of nitrogens with one attached hydrogen (secondary N) is 1. The second-order valence-corrected chi connectivity index (χ2v) is 6.26. The van der Waals surface area contributed by atoms with Crippen molar-refractivity contribution in [3.8, 4) is 5.75 Å². The summed E-state index contributed by atoms with van der Waals surface area (Å²) in [5.74, 6) is 1.31. The standard InChI is InChI=1S/C19H20N2O4S/c22-19(20-7-3-8-23-12-18-6-2-9-24-18)15-4-1-5-17(10-15)25-11-16-13-26-14-21-16/h1-2,4-6,9-10,13-14H,3,7-8,11-12H2,(H,20,22). The lowest BCUT2D eigenvalue weighted by Crippen LogP contribution is -2.25. The van der Waals surface area contributed by atoms with E-state index in [9.17, 15) is 4.79 Å². The van der Waals surface area contributed by atoms with Crippen molar-refractivity contribution in [1.82, 2.24) is 10.3 Å². The zero-order valence-electron chi connectivity index (χ0n) is 14.2. The number of carbonyl (C=O) groups is 1. The number of amides is 1. The Kier molecular flexibility index (Phi) is 6.80. The zero-order chi connectivity index (χ0) is 18.0. The van der Waals surface area contributed by atoms with Crippen LogP contribution in [0.1, 0.15) is 28.2 Å². The number of hydrogen-bond acceptors (Lipinski definition) is 6. The van der Waals surface area contributed by atoms with Gasteiger partial charge in [0.15, 0.2) is 0 Å². The van der Waals surface area contributed by atoms with Gasteiger partial charge in [-0.3, -0.25) is 4.79 Å². The summed E-state index contributed by atoms with van der Waals surface area (Å²) in [5.41, 5.74) is 3.21. The number of ether oxygens (including phenoxy) is 2. The Labute approximate surface area is 155 Å². The summed E-state index contributed by atoms with van der Waals surface area (Å²) in [6.45, 7) is 1.93. The van der Waals surface area contributed by atoms with E-state index < -0.39 is 0 Å². The van der Waals surface area contributed by atoms with E-state index in [1.807, 2.05) is 23.6 Å². The van der Waals surface area contributed by atoms with Crippen molar-refractivity contribution in [1.29, 1.82) is 0 Å². The Morgan fingerprint density at radius 1 is 1.23 bits per heavy atom. The molecule has 136 valence electrons. The minimum absolute atomic E-state index is 0.129. The van der Waals surface area contributed by atoms with E-state index in [2.05, 4.69) is 10.3 Å². The first kappa shape index (κ1) is 18.2. The largest absolute Gasteiger partial charge is 0.487 e. The summed E-state index contributed by atoms with van der Waals surface area (Å²) in [4.78, 5) is 16.4. The van der Waals surface area contributed by atoms with Crippen LogP contribution in [0.2, 0.25) is 0 Å². The third-order valence-electron chi connectivity index (χ3n) is 3.54. The molecular formula is C19H20N2O4S. The summed E-state index contributed by atoms with van der Waals surface area (Å²) in [7, 11) is 0. The lowest BCUT2D eigenvalue weighted by Gasteiger charge is -2.08. The molecule has 0 aliphatic carbocycles. The van der Waals surface area contributed by atoms with Crippen LogP contribution in [0.4, 0.5) is 0 Å². The van der Waals surface area contributed by atoms with Gasteiger partial charge < -0.3 is 19.2 Å². The van der Waals surface area contributed by atoms with Gasteiger partial charge in [-0.05, 0) is 36.8 Å². The van der Waals surface area contributed by atoms with Crippen molar-refractivity contribution >= 4 is 17.2 Å². The van der Waals surface area contributed by atoms with Gasteiger partial charge in [-0.15, -0.1) is 11.3 Å². The number of aromatic nitrogens is 1. The SMILES string of the molecule is O=C(NCCCOCc1ccco1)c1cccc(OCc2cscn2)c1. The van der Waals surface area contributed by atoms with E-state index in [0.717, 1.165) is 17.9 Å². The van der Waals surface area contributed by atoms with Gasteiger partial charge >= 0.3 is 0 Å². The third kappa shape index (κ3) is 5.72. The van der Waals surface area contributed by atoms with E-state index in [1.165, 1.54) is 11.3 Å². The van der Waals surface area contributed by atoms with Crippen molar-refractivity contribution in [2.45, 2.75) is 19.6 Å². The van der Waals surface area contributed by atoms with Gasteiger partial charge in [0.1, 0.15) is 24.7 Å². The summed E-state index contributed by atoms with van der Waals surface area (Å²) in [6, 6.07) is 10.8. The zero-order valence-corrected chi connectivity index (χ0v) is 15.0. The number of rotatable bonds is 10. The molecule has 1 aromatic carbocycles. The second kappa shape index (κ2) is 9.74. The van der Waals surface area contributed by atoms with Gasteiger partial charge in [0, 0.05) is 24.1 Å². The maximum atomic E-state index is 12.2. The molecule has 0 aliphatic heterocycles. The van der Waals surface area contributed by atoms with E-state index in [-0.39, 0.29) is 5.91 Å². The number of carbonyl (C=O) groups excluding carboxylic acids is 1. The van der Waals surface area contributed by atoms with Crippen molar-refractivity contribution in [2.75, 3.05) is 13.2 Å². The lowest BCUT2D eigenvalue weighted by atomic mass is 10.2. The molecular weight excluding hydrogens is 352 g/mol. The molecule has 1 amide bonds. The first-order valence-corrected chi connectivity index (χ1v) is 9.24. The summed E-state index contributed by atoms with van der Waals surface area (Å²) in [6.07, 6.45) is 2.35. The lowest BCUT2D eigenvalue weighted by molar-refractivity contribution is 0.0916. The van der Waals surface area contributed by atoms with Gasteiger partial charge in [0.05, 0.1) is 17.5 Å². The van der Waals surface area contributed by atoms with E-state index in [1.54, 1.807) is 30.0 Å². The van der Waals surface area contributed by atoms with Crippen molar-refractivity contribution in [3.05, 3.63) is 70.6 Å². The maximum absolute atomic E-state index is 12.2. The molecule has 0 fully saturated rings. The molecule has 0 spiro atoms. The number of benzene rings is 1. The highest BCUT2D eigenvalue weighted by atomic mass is 32.1. The van der Waals surface area contributed by atoms with Crippen LogP contribution in [0.15, 0.2) is 58.0 Å². The van der Waals surface area contributed by atoms with Crippen molar-refractivity contribution < 1.29 is 18.7 Å². The van der Waals surface area contributed by atoms with Crippen molar-refractivity contribution in [3.63, 3.8) is 0 Å². The Morgan fingerprint density at radius 2 is 2.19 bits per heavy atom. The van der Waals surface area contributed by atoms with E-state index >= 15 is 0 Å². The minimum atomic E-state index is -0.129. The molecule has 0 aliphatic rings. The highest BCUT2D eigenvalue weighted by Crippen LogP contribution is 2.15. The molecule has 3 aromatic rings. The van der Waals surface area contributed by atoms with E-state index in [0.29, 0.717) is 37.7 Å². The quantitative estimate of drug-likeness (QED) is 0.550. The number of nitrogens with zero attached hydrogens (tertiary/aromatic N) is 1. The topological polar surface area (TPSA) is 73.6 Å². The Hall–Kier alpha value is -2.64. The van der Waals surface area contributed by atoms with Gasteiger partial charge in [-0.2, -0.15) is 0 Å². The van der Waals surface area contributed by atoms with Crippen LogP contribution >= 0.6 is 11.3 Å². The normalized spacial score (nSPS) is 10.6. The highest BCUT2D eigenvalue weighted by Gasteiger charge is 2.07. The molecule has 7 heteroatoms. The van der Waals surface area contributed by atoms with Crippen molar-refractivity contribution in [2.24, 2.45) is 0 Å². The molecule has 2 aromatic heterocycles. The fourth-order valence-corrected chi connectivity index (χ4v) is 2.78. The molecule has 6 nitrogen and oxygen atoms in total. The third-order valence-corrected chi connectivity index (χ3v) is 4.18. The van der Waals surface area contributed by atoms with Gasteiger partial charge in [-0.25, -0.2) is 4.98 Å². The summed E-state index contributed by atoms with van der Waals surface area (Å²) < 4.78 is 16.3. The molecule has 2 heterocycles. The molecule has 1 N–H and O–H groups in total. The maximum Gasteiger partial charge on any atom is 0.251 e. The predicted octanol–water partition coefficient (Wildman–Crippen LogP) is 3.65. The summed E-state index contributed by atoms with van der Waals surface area (Å²) >= 11 is 1.53. The average molecular weight is 372 g/mol. The molecule has 0 bridgehead atoms. The molecule has 0 unspecified atom stereocenters. The Balaban J connectivity index is 1.36. The van der Waals surface area contributed by atoms with Gasteiger partial charge in [-0.1, -0.05) is 6.07 Å². The van der Waals surface area contributed by atoms with Crippen LogP contribution in [0, 0.1) is 0 Å². The highest BCUT2D eigenvalue weighted by molar-refractivity contribution is 7.07. The Bertz CT molecular complexity index is 788. The number of thiazole rings is 1. The number of furan rings is 1. The first-order valence-electron chi connectivity index (χ1n) is 8.29. The minimum Gasteiger partial charge on any atom is -0.487 e. The average Bonchev–Trinajstić information content (AvgIpc) is 3.36. The predicted molar refractivity (Wildman–Crippen MR) is 98.2 cm³/mol. The number of hydrogen-bond donors (Lipinski definition) is 1. The Morgan fingerprint density at radius 3 is 3.00 bits per heavy atom. The smallest absolute Gasteiger partial charge is 0.251 e. The molecule has 0 radical (unpaired) electrons. The van der Waals surface area contributed by atoms with Crippen LogP contribution in [0.3, 0.4) is 0 Å². The van der Waals surface area contributed by atoms with Crippen LogP contribution < -0.4 is 10.1 Å². The molecule has 26 heavy (non-hydrogen) atoms. The first-order chi connectivity index (χ1) is 12.8. The molecule has 0 atom stereocenters. The molecule has 0 saturated heterocycles. The molecule has 3 rings (SSSR count). The van der Waals surface area contributed by atoms with Gasteiger partial charge in [0.2, 0.25) is 0 Å². The van der Waals surface area contributed by atoms with Crippen LogP contribution in [0.25, 0.3) is 0 Å². The monoisotopic (exact) mass is 372 g/mol. The van der Waals surface area contributed by atoms with Crippen LogP contribution in [0.5, 0.6) is 5.75 Å². The fraction of sp³-hybridized carbons (Fsp3) is 0.263. The summed E-state index contributed by atoms with van der Waals surface area (Å²) in [5, 5.41) is 4.82. The molecule has 0 saturated carbocycles. The van der Waals surface area contributed by atoms with Crippen LogP contribution in [-0.4, -0.2) is 24.0 Å². The van der Waals surface area contributed by atoms with Crippen LogP contribution in [-0.2, 0) is 18.0 Å². The van der Waals surface area contributed by atoms with E-state index in [4.69, 9.17) is 13.9 Å². The second-order valence-electron chi connectivity index (χ2n) is 5.54.